The van der Waals surface area contributed by atoms with E-state index in [1.54, 1.807) is 7.11 Å². The zero-order valence-corrected chi connectivity index (χ0v) is 16.0. The number of piperidine rings is 1. The van der Waals surface area contributed by atoms with Crippen LogP contribution in [-0.2, 0) is 4.74 Å². The minimum Gasteiger partial charge on any atom is -0.383 e. The van der Waals surface area contributed by atoms with E-state index in [1.165, 1.54) is 25.9 Å². The van der Waals surface area contributed by atoms with E-state index < -0.39 is 0 Å². The van der Waals surface area contributed by atoms with E-state index >= 15 is 0 Å². The van der Waals surface area contributed by atoms with E-state index in [2.05, 4.69) is 14.7 Å². The predicted molar refractivity (Wildman–Crippen MR) is 96.1 cm³/mol. The van der Waals surface area contributed by atoms with E-state index in [9.17, 15) is 0 Å². The molecule has 0 N–H and O–H groups in total. The summed E-state index contributed by atoms with van der Waals surface area (Å²) < 4.78 is 5.13. The van der Waals surface area contributed by atoms with Crippen molar-refractivity contribution < 1.29 is 4.74 Å². The van der Waals surface area contributed by atoms with Crippen LogP contribution < -0.4 is 0 Å². The van der Waals surface area contributed by atoms with Crippen LogP contribution in [0.1, 0.15) is 12.8 Å². The lowest BCUT2D eigenvalue weighted by Crippen LogP contribution is -2.38. The Morgan fingerprint density at radius 3 is 2.15 bits per heavy atom. The molecule has 1 aliphatic heterocycles. The summed E-state index contributed by atoms with van der Waals surface area (Å²) in [5.74, 6) is 1.79. The van der Waals surface area contributed by atoms with E-state index in [4.69, 9.17) is 9.73 Å². The number of nitrogens with zero attached hydrogens (tertiary/aromatic N) is 4. The third-order valence-electron chi connectivity index (χ3n) is 3.61. The van der Waals surface area contributed by atoms with Gasteiger partial charge in [-0.3, -0.25) is 4.99 Å². The molecule has 0 atom stereocenters. The molecule has 1 fully saturated rings. The van der Waals surface area contributed by atoms with Gasteiger partial charge < -0.3 is 19.4 Å². The molecule has 0 aromatic carbocycles. The standard InChI is InChI=1S/C14H30N4O.HI/c1-16(2)14(17(3)4)15-12-13-6-8-18(9-7-13)10-11-19-5;/h13H,6-12H2,1-5H3;1H. The lowest BCUT2D eigenvalue weighted by Gasteiger charge is -2.31. The van der Waals surface area contributed by atoms with Gasteiger partial charge in [0.25, 0.3) is 0 Å². The quantitative estimate of drug-likeness (QED) is 0.399. The first-order valence-corrected chi connectivity index (χ1v) is 7.15. The Morgan fingerprint density at radius 2 is 1.70 bits per heavy atom. The van der Waals surface area contributed by atoms with E-state index in [0.29, 0.717) is 0 Å². The van der Waals surface area contributed by atoms with Gasteiger partial charge in [-0.05, 0) is 31.8 Å². The molecule has 1 heterocycles. The van der Waals surface area contributed by atoms with Crippen molar-refractivity contribution in [1.82, 2.24) is 14.7 Å². The third kappa shape index (κ3) is 7.08. The topological polar surface area (TPSA) is 31.3 Å². The van der Waals surface area contributed by atoms with Crippen LogP contribution in [0.4, 0.5) is 0 Å². The fourth-order valence-corrected chi connectivity index (χ4v) is 2.51. The van der Waals surface area contributed by atoms with Gasteiger partial charge in [0.1, 0.15) is 0 Å². The highest BCUT2D eigenvalue weighted by Crippen LogP contribution is 2.17. The van der Waals surface area contributed by atoms with Crippen molar-refractivity contribution in [2.24, 2.45) is 10.9 Å². The first-order valence-electron chi connectivity index (χ1n) is 7.15. The van der Waals surface area contributed by atoms with Crippen molar-refractivity contribution in [3.8, 4) is 0 Å². The summed E-state index contributed by atoms with van der Waals surface area (Å²) in [6.07, 6.45) is 2.50. The molecule has 0 aromatic heterocycles. The molecule has 20 heavy (non-hydrogen) atoms. The highest BCUT2D eigenvalue weighted by molar-refractivity contribution is 14.0. The van der Waals surface area contributed by atoms with Gasteiger partial charge in [0, 0.05) is 48.4 Å². The van der Waals surface area contributed by atoms with Gasteiger partial charge >= 0.3 is 0 Å². The van der Waals surface area contributed by atoms with Crippen LogP contribution >= 0.6 is 24.0 Å². The Bertz CT molecular complexity index is 266. The number of hydrogen-bond donors (Lipinski definition) is 0. The average molecular weight is 398 g/mol. The molecule has 0 unspecified atom stereocenters. The van der Waals surface area contributed by atoms with Gasteiger partial charge in [0.15, 0.2) is 5.96 Å². The molecule has 1 rings (SSSR count). The van der Waals surface area contributed by atoms with Gasteiger partial charge in [-0.1, -0.05) is 0 Å². The van der Waals surface area contributed by atoms with Crippen molar-refractivity contribution in [3.63, 3.8) is 0 Å². The molecule has 1 saturated heterocycles. The smallest absolute Gasteiger partial charge is 0.195 e. The maximum atomic E-state index is 5.13. The summed E-state index contributed by atoms with van der Waals surface area (Å²) in [5, 5.41) is 0. The summed E-state index contributed by atoms with van der Waals surface area (Å²) in [6, 6.07) is 0. The van der Waals surface area contributed by atoms with Crippen LogP contribution in [0.25, 0.3) is 0 Å². The number of guanidine groups is 1. The fraction of sp³-hybridized carbons (Fsp3) is 0.929. The maximum absolute atomic E-state index is 5.13. The molecule has 0 radical (unpaired) electrons. The molecular weight excluding hydrogens is 367 g/mol. The van der Waals surface area contributed by atoms with Crippen LogP contribution in [0.15, 0.2) is 4.99 Å². The summed E-state index contributed by atoms with van der Waals surface area (Å²) in [7, 11) is 9.96. The minimum atomic E-state index is 0. The predicted octanol–water partition coefficient (Wildman–Crippen LogP) is 1.44. The SMILES string of the molecule is COCCN1CCC(CN=C(N(C)C)N(C)C)CC1.I. The molecule has 0 saturated carbocycles. The number of ether oxygens (including phenoxy) is 1. The van der Waals surface area contributed by atoms with Crippen molar-refractivity contribution in [3.05, 3.63) is 0 Å². The molecule has 0 aromatic rings. The summed E-state index contributed by atoms with van der Waals surface area (Å²) in [6.45, 7) is 5.22. The maximum Gasteiger partial charge on any atom is 0.195 e. The fourth-order valence-electron chi connectivity index (χ4n) is 2.51. The first-order chi connectivity index (χ1) is 9.04. The second kappa shape index (κ2) is 10.6. The molecule has 6 heteroatoms. The minimum absolute atomic E-state index is 0. The summed E-state index contributed by atoms with van der Waals surface area (Å²) in [5.41, 5.74) is 0. The Morgan fingerprint density at radius 1 is 1.15 bits per heavy atom. The average Bonchev–Trinajstić information content (AvgIpc) is 2.37. The molecule has 0 bridgehead atoms. The van der Waals surface area contributed by atoms with E-state index in [0.717, 1.165) is 31.6 Å². The number of halogens is 1. The zero-order valence-electron chi connectivity index (χ0n) is 13.6. The van der Waals surface area contributed by atoms with Crippen molar-refractivity contribution >= 4 is 29.9 Å². The van der Waals surface area contributed by atoms with E-state index in [-0.39, 0.29) is 24.0 Å². The summed E-state index contributed by atoms with van der Waals surface area (Å²) in [4.78, 5) is 11.4. The van der Waals surface area contributed by atoms with Gasteiger partial charge in [0.05, 0.1) is 6.61 Å². The van der Waals surface area contributed by atoms with Crippen molar-refractivity contribution in [1.29, 1.82) is 0 Å². The normalized spacial score (nSPS) is 16.4. The molecule has 0 spiro atoms. The molecule has 0 aliphatic carbocycles. The highest BCUT2D eigenvalue weighted by atomic mass is 127. The largest absolute Gasteiger partial charge is 0.383 e. The van der Waals surface area contributed by atoms with Crippen molar-refractivity contribution in [2.75, 3.05) is 68.1 Å². The molecular formula is C14H31IN4O. The lowest BCUT2D eigenvalue weighted by atomic mass is 9.97. The second-order valence-electron chi connectivity index (χ2n) is 5.71. The Hall–Kier alpha value is -0.0800. The Balaban J connectivity index is 0.00000361. The molecule has 0 amide bonds. The molecule has 5 nitrogen and oxygen atoms in total. The second-order valence-corrected chi connectivity index (χ2v) is 5.71. The first kappa shape index (κ1) is 19.9. The van der Waals surface area contributed by atoms with Gasteiger partial charge in [-0.25, -0.2) is 0 Å². The number of methoxy groups -OCH3 is 1. The Kier molecular flexibility index (Phi) is 10.6. The number of hydrogen-bond acceptors (Lipinski definition) is 3. The van der Waals surface area contributed by atoms with Gasteiger partial charge in [0.2, 0.25) is 0 Å². The van der Waals surface area contributed by atoms with Crippen LogP contribution in [0.5, 0.6) is 0 Å². The number of rotatable bonds is 5. The zero-order chi connectivity index (χ0) is 14.3. The molecule has 120 valence electrons. The summed E-state index contributed by atoms with van der Waals surface area (Å²) >= 11 is 0. The van der Waals surface area contributed by atoms with E-state index in [1.807, 2.05) is 28.2 Å². The van der Waals surface area contributed by atoms with Crippen LogP contribution in [0.2, 0.25) is 0 Å². The van der Waals surface area contributed by atoms with Crippen LogP contribution in [0.3, 0.4) is 0 Å². The van der Waals surface area contributed by atoms with Crippen LogP contribution in [-0.4, -0.2) is 88.7 Å². The monoisotopic (exact) mass is 398 g/mol. The number of aliphatic imine (C=N–C) groups is 1. The van der Waals surface area contributed by atoms with Gasteiger partial charge in [-0.15, -0.1) is 24.0 Å². The lowest BCUT2D eigenvalue weighted by molar-refractivity contribution is 0.121. The van der Waals surface area contributed by atoms with Gasteiger partial charge in [-0.2, -0.15) is 0 Å². The van der Waals surface area contributed by atoms with Crippen molar-refractivity contribution in [2.45, 2.75) is 12.8 Å². The Labute approximate surface area is 141 Å². The molecule has 1 aliphatic rings. The third-order valence-corrected chi connectivity index (χ3v) is 3.61. The highest BCUT2D eigenvalue weighted by Gasteiger charge is 2.19. The van der Waals surface area contributed by atoms with Crippen LogP contribution in [0, 0.1) is 5.92 Å². The number of likely N-dealkylation sites (tertiary alicyclic amines) is 1.